The summed E-state index contributed by atoms with van der Waals surface area (Å²) in [6.45, 7) is 5.59. The highest BCUT2D eigenvalue weighted by molar-refractivity contribution is 7.09. The Morgan fingerprint density at radius 1 is 1.54 bits per heavy atom. The van der Waals surface area contributed by atoms with Crippen LogP contribution in [0.15, 0.2) is 17.9 Å². The Kier molecular flexibility index (Phi) is 5.63. The molecule has 7 heteroatoms. The van der Waals surface area contributed by atoms with Crippen molar-refractivity contribution < 1.29 is 4.79 Å². The fraction of sp³-hybridized carbons (Fsp3) is 0.588. The molecule has 24 heavy (non-hydrogen) atoms. The first-order valence-electron chi connectivity index (χ1n) is 8.47. The summed E-state index contributed by atoms with van der Waals surface area (Å²) in [6.07, 6.45) is 6.24. The molecule has 1 amide bonds. The van der Waals surface area contributed by atoms with Gasteiger partial charge in [-0.3, -0.25) is 9.48 Å². The summed E-state index contributed by atoms with van der Waals surface area (Å²) < 4.78 is 1.78. The van der Waals surface area contributed by atoms with Crippen LogP contribution in [0.3, 0.4) is 0 Å². The van der Waals surface area contributed by atoms with Gasteiger partial charge in [0.05, 0.1) is 23.9 Å². The molecule has 0 radical (unpaired) electrons. The van der Waals surface area contributed by atoms with E-state index in [-0.39, 0.29) is 5.91 Å². The van der Waals surface area contributed by atoms with Crippen molar-refractivity contribution in [3.63, 3.8) is 0 Å². The standard InChI is InChI=1S/C17H25N5OS/c1-13-16(24-12-19-13)11-22(10-15-5-6-18-7-15)17(23)4-3-14-8-20-21(2)9-14/h8-9,12,15,18H,3-7,10-11H2,1-2H3. The Labute approximate surface area is 146 Å². The van der Waals surface area contributed by atoms with Crippen molar-refractivity contribution in [2.45, 2.75) is 32.7 Å². The van der Waals surface area contributed by atoms with Gasteiger partial charge in [-0.05, 0) is 44.3 Å². The second-order valence-corrected chi connectivity index (χ2v) is 7.46. The first-order valence-corrected chi connectivity index (χ1v) is 9.34. The molecule has 1 saturated heterocycles. The van der Waals surface area contributed by atoms with E-state index in [9.17, 15) is 4.79 Å². The quantitative estimate of drug-likeness (QED) is 0.829. The van der Waals surface area contributed by atoms with E-state index in [4.69, 9.17) is 0 Å². The number of hydrogen-bond acceptors (Lipinski definition) is 5. The molecule has 0 spiro atoms. The van der Waals surface area contributed by atoms with Crippen LogP contribution in [0.25, 0.3) is 0 Å². The molecule has 1 N–H and O–H groups in total. The Morgan fingerprint density at radius 3 is 3.04 bits per heavy atom. The van der Waals surface area contributed by atoms with Gasteiger partial charge in [-0.15, -0.1) is 11.3 Å². The third-order valence-corrected chi connectivity index (χ3v) is 5.48. The molecule has 1 atom stereocenters. The number of nitrogens with zero attached hydrogens (tertiary/aromatic N) is 4. The number of aromatic nitrogens is 3. The van der Waals surface area contributed by atoms with Crippen LogP contribution in [0.5, 0.6) is 0 Å². The van der Waals surface area contributed by atoms with Gasteiger partial charge in [0, 0.05) is 31.1 Å². The van der Waals surface area contributed by atoms with Crippen LogP contribution in [-0.2, 0) is 24.8 Å². The highest BCUT2D eigenvalue weighted by Crippen LogP contribution is 2.19. The molecule has 2 aromatic heterocycles. The minimum atomic E-state index is 0.221. The Hall–Kier alpha value is -1.73. The monoisotopic (exact) mass is 347 g/mol. The van der Waals surface area contributed by atoms with Crippen molar-refractivity contribution in [1.82, 2.24) is 25.0 Å². The molecule has 1 aliphatic heterocycles. The summed E-state index contributed by atoms with van der Waals surface area (Å²) in [6, 6.07) is 0. The van der Waals surface area contributed by atoms with E-state index in [1.165, 1.54) is 4.88 Å². The van der Waals surface area contributed by atoms with Crippen molar-refractivity contribution in [2.24, 2.45) is 13.0 Å². The highest BCUT2D eigenvalue weighted by Gasteiger charge is 2.23. The first kappa shape index (κ1) is 17.1. The molecule has 3 rings (SSSR count). The predicted octanol–water partition coefficient (Wildman–Crippen LogP) is 1.76. The lowest BCUT2D eigenvalue weighted by Gasteiger charge is -2.25. The van der Waals surface area contributed by atoms with Crippen LogP contribution in [0, 0.1) is 12.8 Å². The molecular weight excluding hydrogens is 322 g/mol. The zero-order chi connectivity index (χ0) is 16.9. The maximum absolute atomic E-state index is 12.8. The smallest absolute Gasteiger partial charge is 0.223 e. The fourth-order valence-electron chi connectivity index (χ4n) is 3.10. The molecule has 1 unspecified atom stereocenters. The van der Waals surface area contributed by atoms with Crippen molar-refractivity contribution >= 4 is 17.2 Å². The zero-order valence-electron chi connectivity index (χ0n) is 14.4. The van der Waals surface area contributed by atoms with E-state index in [1.54, 1.807) is 16.0 Å². The number of carbonyl (C=O) groups is 1. The number of carbonyl (C=O) groups excluding carboxylic acids is 1. The van der Waals surface area contributed by atoms with Gasteiger partial charge < -0.3 is 10.2 Å². The lowest BCUT2D eigenvalue weighted by molar-refractivity contribution is -0.132. The molecule has 2 aromatic rings. The minimum Gasteiger partial charge on any atom is -0.337 e. The Balaban J connectivity index is 1.63. The summed E-state index contributed by atoms with van der Waals surface area (Å²) in [5.74, 6) is 0.777. The average Bonchev–Trinajstić information content (AvgIpc) is 3.29. The van der Waals surface area contributed by atoms with Gasteiger partial charge >= 0.3 is 0 Å². The summed E-state index contributed by atoms with van der Waals surface area (Å²) in [7, 11) is 1.90. The number of amides is 1. The van der Waals surface area contributed by atoms with Crippen molar-refractivity contribution in [3.8, 4) is 0 Å². The van der Waals surface area contributed by atoms with Crippen LogP contribution in [0.2, 0.25) is 0 Å². The molecule has 1 fully saturated rings. The van der Waals surface area contributed by atoms with Gasteiger partial charge in [-0.2, -0.15) is 5.10 Å². The van der Waals surface area contributed by atoms with Gasteiger partial charge in [0.25, 0.3) is 0 Å². The molecule has 0 saturated carbocycles. The lowest BCUT2D eigenvalue weighted by Crippen LogP contribution is -2.35. The Morgan fingerprint density at radius 2 is 2.42 bits per heavy atom. The number of aryl methyl sites for hydroxylation is 3. The molecule has 3 heterocycles. The molecule has 6 nitrogen and oxygen atoms in total. The average molecular weight is 347 g/mol. The number of nitrogens with one attached hydrogen (secondary N) is 1. The Bertz CT molecular complexity index is 674. The molecule has 0 aromatic carbocycles. The van der Waals surface area contributed by atoms with Crippen LogP contribution in [0.4, 0.5) is 0 Å². The van der Waals surface area contributed by atoms with Crippen LogP contribution >= 0.6 is 11.3 Å². The topological polar surface area (TPSA) is 63.1 Å². The van der Waals surface area contributed by atoms with Crippen molar-refractivity contribution in [1.29, 1.82) is 0 Å². The largest absolute Gasteiger partial charge is 0.337 e. The van der Waals surface area contributed by atoms with Gasteiger partial charge in [-0.1, -0.05) is 0 Å². The maximum Gasteiger partial charge on any atom is 0.223 e. The van der Waals surface area contributed by atoms with Crippen molar-refractivity contribution in [2.75, 3.05) is 19.6 Å². The van der Waals surface area contributed by atoms with Gasteiger partial charge in [0.1, 0.15) is 0 Å². The van der Waals surface area contributed by atoms with Crippen molar-refractivity contribution in [3.05, 3.63) is 34.0 Å². The number of hydrogen-bond donors (Lipinski definition) is 1. The van der Waals surface area contributed by atoms with Gasteiger partial charge in [-0.25, -0.2) is 4.98 Å². The summed E-state index contributed by atoms with van der Waals surface area (Å²) in [5, 5.41) is 7.56. The van der Waals surface area contributed by atoms with E-state index >= 15 is 0 Å². The van der Waals surface area contributed by atoms with E-state index in [0.717, 1.165) is 43.7 Å². The minimum absolute atomic E-state index is 0.221. The number of thiazole rings is 1. The molecule has 1 aliphatic rings. The van der Waals surface area contributed by atoms with E-state index in [0.29, 0.717) is 18.9 Å². The van der Waals surface area contributed by atoms with Crippen LogP contribution in [0.1, 0.15) is 29.0 Å². The van der Waals surface area contributed by atoms with Gasteiger partial charge in [0.2, 0.25) is 5.91 Å². The summed E-state index contributed by atoms with van der Waals surface area (Å²) >= 11 is 1.64. The second-order valence-electron chi connectivity index (χ2n) is 6.52. The predicted molar refractivity (Wildman–Crippen MR) is 94.8 cm³/mol. The lowest BCUT2D eigenvalue weighted by atomic mass is 10.1. The SMILES string of the molecule is Cc1ncsc1CN(CC1CCNC1)C(=O)CCc1cnn(C)c1. The van der Waals surface area contributed by atoms with E-state index in [2.05, 4.69) is 15.4 Å². The number of rotatable bonds is 7. The van der Waals surface area contributed by atoms with E-state index < -0.39 is 0 Å². The second kappa shape index (κ2) is 7.90. The molecule has 0 bridgehead atoms. The maximum atomic E-state index is 12.8. The van der Waals surface area contributed by atoms with Crippen LogP contribution in [-0.4, -0.2) is 45.2 Å². The third-order valence-electron chi connectivity index (χ3n) is 4.56. The third kappa shape index (κ3) is 4.42. The normalized spacial score (nSPS) is 17.3. The fourth-order valence-corrected chi connectivity index (χ4v) is 3.89. The first-order chi connectivity index (χ1) is 11.6. The summed E-state index contributed by atoms with van der Waals surface area (Å²) in [5.41, 5.74) is 4.01. The van der Waals surface area contributed by atoms with Crippen LogP contribution < -0.4 is 5.32 Å². The summed E-state index contributed by atoms with van der Waals surface area (Å²) in [4.78, 5) is 20.3. The molecule has 130 valence electrons. The van der Waals surface area contributed by atoms with E-state index in [1.807, 2.05) is 36.8 Å². The zero-order valence-corrected chi connectivity index (χ0v) is 15.2. The highest BCUT2D eigenvalue weighted by atomic mass is 32.1. The van der Waals surface area contributed by atoms with Gasteiger partial charge in [0.15, 0.2) is 0 Å². The molecule has 0 aliphatic carbocycles. The molecular formula is C17H25N5OS.